The van der Waals surface area contributed by atoms with Gasteiger partial charge in [-0.1, -0.05) is 18.2 Å². The number of amides is 3. The number of hydrogen-bond donors (Lipinski definition) is 0. The van der Waals surface area contributed by atoms with Crippen molar-refractivity contribution >= 4 is 23.4 Å². The predicted octanol–water partition coefficient (Wildman–Crippen LogP) is 1.81. The van der Waals surface area contributed by atoms with E-state index in [9.17, 15) is 14.4 Å². The highest BCUT2D eigenvalue weighted by atomic mass is 16.5. The molecule has 0 atom stereocenters. The molecule has 8 nitrogen and oxygen atoms in total. The topological polar surface area (TPSA) is 93.9 Å². The molecule has 1 aromatic rings. The van der Waals surface area contributed by atoms with Gasteiger partial charge in [-0.2, -0.15) is 5.26 Å². The van der Waals surface area contributed by atoms with Crippen molar-refractivity contribution in [3.8, 4) is 6.07 Å². The molecule has 0 aromatic heterocycles. The van der Waals surface area contributed by atoms with Crippen molar-refractivity contribution < 1.29 is 19.1 Å². The molecule has 0 unspecified atom stereocenters. The van der Waals surface area contributed by atoms with E-state index in [1.807, 2.05) is 35.2 Å². The third-order valence-electron chi connectivity index (χ3n) is 5.89. The molecule has 0 N–H and O–H groups in total. The molecule has 166 valence electrons. The number of morpholine rings is 1. The Morgan fingerprint density at radius 3 is 2.32 bits per heavy atom. The Balaban J connectivity index is 1.46. The van der Waals surface area contributed by atoms with E-state index < -0.39 is 0 Å². The largest absolute Gasteiger partial charge is 0.378 e. The Morgan fingerprint density at radius 1 is 1.00 bits per heavy atom. The number of rotatable bonds is 7. The number of para-hydroxylation sites is 1. The monoisotopic (exact) mass is 426 g/mol. The summed E-state index contributed by atoms with van der Waals surface area (Å²) in [5.41, 5.74) is 0.734. The maximum absolute atomic E-state index is 12.7. The molecule has 2 aliphatic rings. The van der Waals surface area contributed by atoms with E-state index in [1.54, 1.807) is 9.80 Å². The van der Waals surface area contributed by atoms with Crippen LogP contribution in [-0.2, 0) is 19.1 Å². The summed E-state index contributed by atoms with van der Waals surface area (Å²) in [6.07, 6.45) is 1.80. The van der Waals surface area contributed by atoms with Gasteiger partial charge in [-0.25, -0.2) is 0 Å². The fraction of sp³-hybridized carbons (Fsp3) is 0.565. The number of ether oxygens (including phenoxy) is 1. The van der Waals surface area contributed by atoms with Gasteiger partial charge in [0.15, 0.2) is 0 Å². The SMILES string of the molecule is N#CCCN(C(=O)CCC(=O)N1CCC(C(=O)N2CCOCC2)CC1)c1ccccc1. The minimum absolute atomic E-state index is 0.0386. The van der Waals surface area contributed by atoms with Crippen LogP contribution in [0.2, 0.25) is 0 Å². The summed E-state index contributed by atoms with van der Waals surface area (Å²) in [6.45, 7) is 3.86. The Kier molecular flexibility index (Phi) is 8.42. The number of piperidine rings is 1. The first-order valence-corrected chi connectivity index (χ1v) is 11.0. The number of nitriles is 1. The van der Waals surface area contributed by atoms with Crippen LogP contribution in [0.4, 0.5) is 5.69 Å². The number of anilines is 1. The van der Waals surface area contributed by atoms with Crippen LogP contribution in [0, 0.1) is 17.2 Å². The van der Waals surface area contributed by atoms with E-state index in [0.717, 1.165) is 5.69 Å². The molecule has 1 aromatic carbocycles. The van der Waals surface area contributed by atoms with Crippen molar-refractivity contribution in [2.24, 2.45) is 5.92 Å². The van der Waals surface area contributed by atoms with Crippen LogP contribution in [0.5, 0.6) is 0 Å². The summed E-state index contributed by atoms with van der Waals surface area (Å²) in [4.78, 5) is 43.2. The molecule has 3 rings (SSSR count). The van der Waals surface area contributed by atoms with Crippen LogP contribution < -0.4 is 4.90 Å². The molecule has 2 fully saturated rings. The smallest absolute Gasteiger partial charge is 0.227 e. The number of benzene rings is 1. The van der Waals surface area contributed by atoms with Gasteiger partial charge in [0, 0.05) is 57.2 Å². The highest BCUT2D eigenvalue weighted by Gasteiger charge is 2.31. The van der Waals surface area contributed by atoms with Crippen molar-refractivity contribution in [3.05, 3.63) is 30.3 Å². The lowest BCUT2D eigenvalue weighted by molar-refractivity contribution is -0.143. The number of carbonyl (C=O) groups excluding carboxylic acids is 3. The average molecular weight is 427 g/mol. The second kappa shape index (κ2) is 11.5. The zero-order valence-electron chi connectivity index (χ0n) is 17.9. The Bertz CT molecular complexity index is 794. The van der Waals surface area contributed by atoms with Gasteiger partial charge < -0.3 is 19.4 Å². The van der Waals surface area contributed by atoms with Gasteiger partial charge in [-0.05, 0) is 25.0 Å². The Labute approximate surface area is 183 Å². The molecule has 2 aliphatic heterocycles. The number of likely N-dealkylation sites (tertiary alicyclic amines) is 1. The van der Waals surface area contributed by atoms with Crippen LogP contribution in [0.25, 0.3) is 0 Å². The van der Waals surface area contributed by atoms with E-state index in [4.69, 9.17) is 10.00 Å². The molecule has 0 aliphatic carbocycles. The third-order valence-corrected chi connectivity index (χ3v) is 5.89. The maximum Gasteiger partial charge on any atom is 0.227 e. The molecule has 2 saturated heterocycles. The second-order valence-corrected chi connectivity index (χ2v) is 7.88. The summed E-state index contributed by atoms with van der Waals surface area (Å²) >= 11 is 0. The normalized spacial score (nSPS) is 17.1. The van der Waals surface area contributed by atoms with E-state index >= 15 is 0 Å². The Morgan fingerprint density at radius 2 is 1.68 bits per heavy atom. The van der Waals surface area contributed by atoms with Crippen molar-refractivity contribution in [2.45, 2.75) is 32.1 Å². The van der Waals surface area contributed by atoms with Crippen molar-refractivity contribution in [1.29, 1.82) is 5.26 Å². The van der Waals surface area contributed by atoms with Gasteiger partial charge in [-0.3, -0.25) is 14.4 Å². The lowest BCUT2D eigenvalue weighted by Gasteiger charge is -2.35. The number of carbonyl (C=O) groups is 3. The van der Waals surface area contributed by atoms with E-state index in [-0.39, 0.29) is 42.9 Å². The van der Waals surface area contributed by atoms with Crippen molar-refractivity contribution in [1.82, 2.24) is 9.80 Å². The fourth-order valence-electron chi connectivity index (χ4n) is 4.09. The predicted molar refractivity (Wildman–Crippen MR) is 115 cm³/mol. The molecule has 2 heterocycles. The lowest BCUT2D eigenvalue weighted by atomic mass is 9.94. The molecule has 3 amide bonds. The molecular formula is C23H30N4O4. The Hall–Kier alpha value is -2.92. The van der Waals surface area contributed by atoms with Gasteiger partial charge in [0.1, 0.15) is 0 Å². The summed E-state index contributed by atoms with van der Waals surface area (Å²) in [7, 11) is 0. The minimum Gasteiger partial charge on any atom is -0.378 e. The van der Waals surface area contributed by atoms with Gasteiger partial charge in [0.2, 0.25) is 17.7 Å². The quantitative estimate of drug-likeness (QED) is 0.663. The number of hydrogen-bond acceptors (Lipinski definition) is 5. The molecule has 0 bridgehead atoms. The molecular weight excluding hydrogens is 396 g/mol. The summed E-state index contributed by atoms with van der Waals surface area (Å²) in [5, 5.41) is 8.89. The molecule has 31 heavy (non-hydrogen) atoms. The third kappa shape index (κ3) is 6.28. The first-order chi connectivity index (χ1) is 15.1. The molecule has 0 spiro atoms. The van der Waals surface area contributed by atoms with Crippen LogP contribution in [0.15, 0.2) is 30.3 Å². The average Bonchev–Trinajstić information content (AvgIpc) is 2.83. The highest BCUT2D eigenvalue weighted by Crippen LogP contribution is 2.22. The van der Waals surface area contributed by atoms with Crippen molar-refractivity contribution in [3.63, 3.8) is 0 Å². The van der Waals surface area contributed by atoms with Gasteiger partial charge >= 0.3 is 0 Å². The first-order valence-electron chi connectivity index (χ1n) is 11.0. The molecule has 8 heteroatoms. The highest BCUT2D eigenvalue weighted by molar-refractivity contribution is 5.95. The van der Waals surface area contributed by atoms with E-state index in [0.29, 0.717) is 58.8 Å². The number of nitrogens with zero attached hydrogens (tertiary/aromatic N) is 4. The zero-order chi connectivity index (χ0) is 22.1. The fourth-order valence-corrected chi connectivity index (χ4v) is 4.09. The van der Waals surface area contributed by atoms with Gasteiger partial charge in [0.05, 0.1) is 25.7 Å². The zero-order valence-corrected chi connectivity index (χ0v) is 17.9. The standard InChI is InChI=1S/C23H30N4O4/c24-11-4-12-27(20-5-2-1-3-6-20)22(29)8-7-21(28)25-13-9-19(10-14-25)23(30)26-15-17-31-18-16-26/h1-3,5-6,19H,4,7-10,12-18H2. The van der Waals surface area contributed by atoms with Crippen LogP contribution in [0.3, 0.4) is 0 Å². The summed E-state index contributed by atoms with van der Waals surface area (Å²) in [5.74, 6) is -0.0870. The van der Waals surface area contributed by atoms with Gasteiger partial charge in [-0.15, -0.1) is 0 Å². The van der Waals surface area contributed by atoms with Crippen LogP contribution in [0.1, 0.15) is 32.1 Å². The lowest BCUT2D eigenvalue weighted by Crippen LogP contribution is -2.47. The van der Waals surface area contributed by atoms with Crippen LogP contribution in [-0.4, -0.2) is 73.5 Å². The minimum atomic E-state index is -0.160. The van der Waals surface area contributed by atoms with Crippen molar-refractivity contribution in [2.75, 3.05) is 50.8 Å². The van der Waals surface area contributed by atoms with Gasteiger partial charge in [0.25, 0.3) is 0 Å². The summed E-state index contributed by atoms with van der Waals surface area (Å²) < 4.78 is 5.30. The van der Waals surface area contributed by atoms with E-state index in [2.05, 4.69) is 6.07 Å². The maximum atomic E-state index is 12.7. The first kappa shape index (κ1) is 22.8. The van der Waals surface area contributed by atoms with Crippen LogP contribution >= 0.6 is 0 Å². The summed E-state index contributed by atoms with van der Waals surface area (Å²) in [6, 6.07) is 11.3. The van der Waals surface area contributed by atoms with E-state index in [1.165, 1.54) is 0 Å². The molecule has 0 saturated carbocycles. The molecule has 0 radical (unpaired) electrons. The second-order valence-electron chi connectivity index (χ2n) is 7.88.